The molecular formula is C24H31N3O2. The van der Waals surface area contributed by atoms with Crippen LogP contribution in [0, 0.1) is 13.8 Å². The molecule has 1 aliphatic rings. The number of aromatic nitrogens is 1. The topological polar surface area (TPSA) is 71.1 Å². The van der Waals surface area contributed by atoms with Gasteiger partial charge in [-0.15, -0.1) is 0 Å². The molecule has 1 saturated carbocycles. The van der Waals surface area contributed by atoms with Crippen molar-refractivity contribution in [3.63, 3.8) is 0 Å². The highest BCUT2D eigenvalue weighted by atomic mass is 16.2. The summed E-state index contributed by atoms with van der Waals surface area (Å²) in [6.45, 7) is 6.07. The summed E-state index contributed by atoms with van der Waals surface area (Å²) in [4.78, 5) is 29.8. The predicted molar refractivity (Wildman–Crippen MR) is 115 cm³/mol. The first-order valence-corrected chi connectivity index (χ1v) is 10.5. The minimum Gasteiger partial charge on any atom is -0.349 e. The second kappa shape index (κ2) is 9.21. The molecule has 5 heteroatoms. The van der Waals surface area contributed by atoms with Crippen molar-refractivity contribution >= 4 is 11.8 Å². The molecule has 1 heterocycles. The van der Waals surface area contributed by atoms with Crippen molar-refractivity contribution in [3.8, 4) is 0 Å². The number of pyridine rings is 1. The van der Waals surface area contributed by atoms with Crippen LogP contribution in [0.2, 0.25) is 0 Å². The fourth-order valence-corrected chi connectivity index (χ4v) is 4.39. The van der Waals surface area contributed by atoms with Gasteiger partial charge in [0.15, 0.2) is 0 Å². The maximum absolute atomic E-state index is 12.9. The quantitative estimate of drug-likeness (QED) is 0.767. The van der Waals surface area contributed by atoms with Gasteiger partial charge in [0.2, 0.25) is 0 Å². The molecule has 5 nitrogen and oxygen atoms in total. The summed E-state index contributed by atoms with van der Waals surface area (Å²) < 4.78 is 0. The van der Waals surface area contributed by atoms with Crippen LogP contribution >= 0.6 is 0 Å². The van der Waals surface area contributed by atoms with Crippen LogP contribution in [0.4, 0.5) is 0 Å². The van der Waals surface area contributed by atoms with Gasteiger partial charge >= 0.3 is 0 Å². The van der Waals surface area contributed by atoms with Crippen LogP contribution in [-0.4, -0.2) is 28.4 Å². The minimum atomic E-state index is -0.305. The van der Waals surface area contributed by atoms with Crippen LogP contribution in [0.5, 0.6) is 0 Å². The number of carbonyl (C=O) groups is 2. The zero-order valence-corrected chi connectivity index (χ0v) is 17.6. The molecule has 1 aliphatic carbocycles. The fraction of sp³-hybridized carbons (Fsp3) is 0.458. The van der Waals surface area contributed by atoms with Crippen molar-refractivity contribution in [1.82, 2.24) is 15.6 Å². The Kier molecular flexibility index (Phi) is 6.68. The van der Waals surface area contributed by atoms with Crippen LogP contribution in [0.1, 0.15) is 77.4 Å². The van der Waals surface area contributed by atoms with Gasteiger partial charge in [0.25, 0.3) is 11.8 Å². The summed E-state index contributed by atoms with van der Waals surface area (Å²) in [5.74, 6) is -0.175. The third-order valence-electron chi connectivity index (χ3n) is 5.72. The van der Waals surface area contributed by atoms with Crippen molar-refractivity contribution in [2.24, 2.45) is 0 Å². The smallest absolute Gasteiger partial charge is 0.270 e. The van der Waals surface area contributed by atoms with Gasteiger partial charge in [0, 0.05) is 23.3 Å². The molecule has 2 atom stereocenters. The molecule has 1 aromatic heterocycles. The normalized spacial score (nSPS) is 21.4. The number of amides is 2. The average Bonchev–Trinajstić information content (AvgIpc) is 2.68. The zero-order valence-electron chi connectivity index (χ0n) is 17.6. The Bertz CT molecular complexity index is 876. The highest BCUT2D eigenvalue weighted by Crippen LogP contribution is 2.33. The molecule has 0 spiro atoms. The van der Waals surface area contributed by atoms with E-state index in [2.05, 4.69) is 22.5 Å². The molecule has 2 unspecified atom stereocenters. The lowest BCUT2D eigenvalue weighted by atomic mass is 9.76. The highest BCUT2D eigenvalue weighted by Gasteiger charge is 2.38. The Hall–Kier alpha value is -2.69. The van der Waals surface area contributed by atoms with Gasteiger partial charge < -0.3 is 10.6 Å². The van der Waals surface area contributed by atoms with Crippen molar-refractivity contribution in [2.75, 3.05) is 0 Å². The molecule has 3 rings (SSSR count). The van der Waals surface area contributed by atoms with Crippen molar-refractivity contribution in [3.05, 3.63) is 65.0 Å². The van der Waals surface area contributed by atoms with E-state index in [1.54, 1.807) is 6.20 Å². The molecule has 2 amide bonds. The van der Waals surface area contributed by atoms with Crippen LogP contribution in [0.3, 0.4) is 0 Å². The Balaban J connectivity index is 1.71. The molecule has 2 N–H and O–H groups in total. The van der Waals surface area contributed by atoms with Gasteiger partial charge in [-0.1, -0.05) is 31.0 Å². The predicted octanol–water partition coefficient (Wildman–Crippen LogP) is 4.34. The number of carbonyl (C=O) groups excluding carboxylic acids is 2. The molecule has 1 aromatic carbocycles. The largest absolute Gasteiger partial charge is 0.349 e. The lowest BCUT2D eigenvalue weighted by Gasteiger charge is -2.42. The number of hydrogen-bond acceptors (Lipinski definition) is 3. The van der Waals surface area contributed by atoms with Gasteiger partial charge in [-0.25, -0.2) is 0 Å². The second-order valence-electron chi connectivity index (χ2n) is 8.34. The Morgan fingerprint density at radius 2 is 1.93 bits per heavy atom. The Morgan fingerprint density at radius 3 is 2.66 bits per heavy atom. The molecule has 0 saturated heterocycles. The first kappa shape index (κ1) is 21.0. The zero-order chi connectivity index (χ0) is 20.9. The molecular weight excluding hydrogens is 362 g/mol. The first-order chi connectivity index (χ1) is 13.9. The van der Waals surface area contributed by atoms with Gasteiger partial charge in [0.05, 0.1) is 0 Å². The Labute approximate surface area is 173 Å². The van der Waals surface area contributed by atoms with Crippen LogP contribution < -0.4 is 10.6 Å². The third-order valence-corrected chi connectivity index (χ3v) is 5.72. The highest BCUT2D eigenvalue weighted by molar-refractivity contribution is 5.94. The van der Waals surface area contributed by atoms with E-state index in [1.807, 2.05) is 50.2 Å². The first-order valence-electron chi connectivity index (χ1n) is 10.5. The van der Waals surface area contributed by atoms with Crippen LogP contribution in [0.25, 0.3) is 0 Å². The summed E-state index contributed by atoms with van der Waals surface area (Å²) in [6, 6.07) is 11.4. The number of nitrogens with zero attached hydrogens (tertiary/aromatic N) is 1. The van der Waals surface area contributed by atoms with Gasteiger partial charge in [-0.2, -0.15) is 0 Å². The van der Waals surface area contributed by atoms with Crippen molar-refractivity contribution < 1.29 is 9.59 Å². The van der Waals surface area contributed by atoms with Crippen LogP contribution in [-0.2, 0) is 0 Å². The summed E-state index contributed by atoms with van der Waals surface area (Å²) in [5, 5.41) is 6.47. The SMILES string of the molecule is CCCC1(NC(=O)c2cc(C)ccn2)CCCC(NC(=O)c2cccc(C)c2)C1. The van der Waals surface area contributed by atoms with E-state index in [0.717, 1.165) is 49.7 Å². The number of benzene rings is 1. The van der Waals surface area contributed by atoms with Crippen LogP contribution in [0.15, 0.2) is 42.6 Å². The maximum atomic E-state index is 12.9. The van der Waals surface area contributed by atoms with E-state index in [9.17, 15) is 9.59 Å². The molecule has 0 aliphatic heterocycles. The molecule has 2 aromatic rings. The Morgan fingerprint density at radius 1 is 1.14 bits per heavy atom. The number of aryl methyl sites for hydroxylation is 2. The summed E-state index contributed by atoms with van der Waals surface area (Å²) >= 11 is 0. The van der Waals surface area contributed by atoms with E-state index < -0.39 is 0 Å². The average molecular weight is 394 g/mol. The minimum absolute atomic E-state index is 0.0438. The van der Waals surface area contributed by atoms with Gasteiger partial charge in [-0.05, 0) is 75.8 Å². The van der Waals surface area contributed by atoms with E-state index in [1.165, 1.54) is 0 Å². The third kappa shape index (κ3) is 5.43. The summed E-state index contributed by atoms with van der Waals surface area (Å²) in [7, 11) is 0. The van der Waals surface area contributed by atoms with E-state index >= 15 is 0 Å². The lowest BCUT2D eigenvalue weighted by molar-refractivity contribution is 0.0814. The fourth-order valence-electron chi connectivity index (χ4n) is 4.39. The van der Waals surface area contributed by atoms with Gasteiger partial charge in [0.1, 0.15) is 5.69 Å². The number of nitrogens with one attached hydrogen (secondary N) is 2. The monoisotopic (exact) mass is 393 g/mol. The van der Waals surface area contributed by atoms with E-state index in [-0.39, 0.29) is 23.4 Å². The molecule has 0 bridgehead atoms. The second-order valence-corrected chi connectivity index (χ2v) is 8.34. The summed E-state index contributed by atoms with van der Waals surface area (Å²) in [5.41, 5.74) is 2.91. The lowest BCUT2D eigenvalue weighted by Crippen LogP contribution is -2.55. The molecule has 154 valence electrons. The number of hydrogen-bond donors (Lipinski definition) is 2. The summed E-state index contributed by atoms with van der Waals surface area (Å²) in [6.07, 6.45) is 7.11. The molecule has 0 radical (unpaired) electrons. The van der Waals surface area contributed by atoms with Gasteiger partial charge in [-0.3, -0.25) is 14.6 Å². The number of rotatable bonds is 6. The van der Waals surface area contributed by atoms with E-state index in [4.69, 9.17) is 0 Å². The molecule has 29 heavy (non-hydrogen) atoms. The standard InChI is InChI=1S/C24H31N3O2/c1-4-11-24(27-23(29)21-15-18(3)10-13-25-21)12-6-9-20(16-24)26-22(28)19-8-5-7-17(2)14-19/h5,7-8,10,13-15,20H,4,6,9,11-12,16H2,1-3H3,(H,26,28)(H,27,29). The maximum Gasteiger partial charge on any atom is 0.270 e. The van der Waals surface area contributed by atoms with Crippen molar-refractivity contribution in [2.45, 2.75) is 70.9 Å². The molecule has 1 fully saturated rings. The van der Waals surface area contributed by atoms with E-state index in [0.29, 0.717) is 11.3 Å². The van der Waals surface area contributed by atoms with Crippen molar-refractivity contribution in [1.29, 1.82) is 0 Å².